The van der Waals surface area contributed by atoms with Gasteiger partial charge in [0.25, 0.3) is 0 Å². The summed E-state index contributed by atoms with van der Waals surface area (Å²) >= 11 is 1.13. The van der Waals surface area contributed by atoms with Gasteiger partial charge in [-0.05, 0) is 104 Å². The van der Waals surface area contributed by atoms with Crippen molar-refractivity contribution in [1.29, 1.82) is 0 Å². The minimum atomic E-state index is -0.632. The lowest BCUT2D eigenvalue weighted by Gasteiger charge is -2.14. The molecule has 54 heavy (non-hydrogen) atoms. The van der Waals surface area contributed by atoms with E-state index in [0.717, 1.165) is 47.7 Å². The van der Waals surface area contributed by atoms with Crippen LogP contribution >= 0.6 is 11.9 Å². The van der Waals surface area contributed by atoms with Crippen LogP contribution < -0.4 is 29.3 Å². The van der Waals surface area contributed by atoms with Gasteiger partial charge in [-0.2, -0.15) is 0 Å². The Balaban J connectivity index is 0.000000715. The molecule has 0 aromatic heterocycles. The maximum Gasteiger partial charge on any atom is 0.231 e. The number of ether oxygens (including phenoxy) is 2. The number of methoxy groups -OCH3 is 2. The van der Waals surface area contributed by atoms with Crippen LogP contribution in [-0.2, 0) is 20.8 Å². The van der Waals surface area contributed by atoms with Crippen molar-refractivity contribution >= 4 is 41.9 Å². The predicted molar refractivity (Wildman–Crippen MR) is 211 cm³/mol. The molecule has 0 bridgehead atoms. The van der Waals surface area contributed by atoms with E-state index in [2.05, 4.69) is 14.9 Å². The number of aryl methyl sites for hydroxylation is 1. The van der Waals surface area contributed by atoms with Gasteiger partial charge in [-0.1, -0.05) is 25.8 Å². The SMILES string of the molecule is CC.CC(Cc1cc(F)cc(F)c1)NC(=O)CSNCC=O.COc1ccc(N(C)C)cc1.COc1ccc(N(C)C=O)cc1.Cc1cc(F)cc(F)c1. The van der Waals surface area contributed by atoms with Crippen LogP contribution in [-0.4, -0.2) is 72.3 Å². The Kier molecular flexibility index (Phi) is 25.8. The van der Waals surface area contributed by atoms with Gasteiger partial charge in [0.1, 0.15) is 41.1 Å². The molecule has 0 fully saturated rings. The molecular formula is C40H52F4N4O5S. The number of aldehydes is 1. The van der Waals surface area contributed by atoms with Crippen molar-refractivity contribution < 1.29 is 41.4 Å². The van der Waals surface area contributed by atoms with Crippen LogP contribution in [0.25, 0.3) is 0 Å². The van der Waals surface area contributed by atoms with Crippen LogP contribution in [0.5, 0.6) is 11.5 Å². The number of hydrogen-bond donors (Lipinski definition) is 2. The zero-order chi connectivity index (χ0) is 41.1. The minimum absolute atomic E-state index is 0.162. The largest absolute Gasteiger partial charge is 0.497 e. The van der Waals surface area contributed by atoms with Gasteiger partial charge < -0.3 is 29.4 Å². The van der Waals surface area contributed by atoms with E-state index in [1.807, 2.05) is 76.5 Å². The first-order valence-electron chi connectivity index (χ1n) is 16.8. The molecule has 4 aromatic rings. The molecule has 4 rings (SSSR count). The summed E-state index contributed by atoms with van der Waals surface area (Å²) in [4.78, 5) is 35.5. The van der Waals surface area contributed by atoms with Crippen LogP contribution in [0.4, 0.5) is 28.9 Å². The van der Waals surface area contributed by atoms with Gasteiger partial charge in [0.05, 0.1) is 26.5 Å². The first kappa shape index (κ1) is 48.9. The van der Waals surface area contributed by atoms with E-state index < -0.39 is 23.3 Å². The average molecular weight is 777 g/mol. The maximum absolute atomic E-state index is 13.0. The van der Waals surface area contributed by atoms with E-state index in [1.165, 1.54) is 34.9 Å². The molecule has 0 heterocycles. The first-order chi connectivity index (χ1) is 25.7. The molecule has 9 nitrogen and oxygen atoms in total. The highest BCUT2D eigenvalue weighted by Crippen LogP contribution is 2.17. The molecule has 14 heteroatoms. The summed E-state index contributed by atoms with van der Waals surface area (Å²) in [7, 11) is 9.02. The van der Waals surface area contributed by atoms with E-state index in [0.29, 0.717) is 23.8 Å². The fourth-order valence-electron chi connectivity index (χ4n) is 4.11. The first-order valence-corrected chi connectivity index (χ1v) is 17.8. The monoisotopic (exact) mass is 776 g/mol. The lowest BCUT2D eigenvalue weighted by atomic mass is 10.1. The Hall–Kier alpha value is -5.08. The Morgan fingerprint density at radius 2 is 1.20 bits per heavy atom. The molecule has 4 aromatic carbocycles. The molecule has 1 atom stereocenters. The fraction of sp³-hybridized carbons (Fsp3) is 0.325. The summed E-state index contributed by atoms with van der Waals surface area (Å²) < 4.78 is 63.1. The van der Waals surface area contributed by atoms with Gasteiger partial charge in [0.15, 0.2) is 0 Å². The summed E-state index contributed by atoms with van der Waals surface area (Å²) in [6.07, 6.45) is 1.81. The number of rotatable bonds is 13. The second kappa shape index (κ2) is 28.4. The zero-order valence-electron chi connectivity index (χ0n) is 32.3. The molecule has 296 valence electrons. The van der Waals surface area contributed by atoms with Crippen LogP contribution in [0.3, 0.4) is 0 Å². The van der Waals surface area contributed by atoms with Crippen LogP contribution in [0.2, 0.25) is 0 Å². The van der Waals surface area contributed by atoms with Gasteiger partial charge in [0.2, 0.25) is 12.3 Å². The highest BCUT2D eigenvalue weighted by atomic mass is 32.2. The summed E-state index contributed by atoms with van der Waals surface area (Å²) in [5, 5.41) is 2.71. The number of halogens is 4. The van der Waals surface area contributed by atoms with Crippen molar-refractivity contribution in [3.8, 4) is 11.5 Å². The smallest absolute Gasteiger partial charge is 0.231 e. The van der Waals surface area contributed by atoms with E-state index in [-0.39, 0.29) is 24.2 Å². The van der Waals surface area contributed by atoms with E-state index in [9.17, 15) is 31.9 Å². The second-order valence-corrected chi connectivity index (χ2v) is 12.1. The molecule has 1 unspecified atom stereocenters. The molecule has 2 N–H and O–H groups in total. The molecule has 0 aliphatic heterocycles. The third-order valence-electron chi connectivity index (χ3n) is 6.58. The number of nitrogens with one attached hydrogen (secondary N) is 2. The van der Waals surface area contributed by atoms with E-state index in [4.69, 9.17) is 9.47 Å². The third kappa shape index (κ3) is 22.1. The highest BCUT2D eigenvalue weighted by Gasteiger charge is 2.10. The van der Waals surface area contributed by atoms with Crippen molar-refractivity contribution in [2.75, 3.05) is 57.5 Å². The van der Waals surface area contributed by atoms with Gasteiger partial charge >= 0.3 is 0 Å². The van der Waals surface area contributed by atoms with Gasteiger partial charge in [-0.3, -0.25) is 14.3 Å². The number of anilines is 2. The van der Waals surface area contributed by atoms with E-state index in [1.54, 1.807) is 35.1 Å². The summed E-state index contributed by atoms with van der Waals surface area (Å²) in [6, 6.07) is 21.7. The van der Waals surface area contributed by atoms with E-state index >= 15 is 0 Å². The van der Waals surface area contributed by atoms with Crippen molar-refractivity contribution in [2.24, 2.45) is 0 Å². The van der Waals surface area contributed by atoms with Crippen LogP contribution in [0.15, 0.2) is 84.9 Å². The average Bonchev–Trinajstić information content (AvgIpc) is 3.13. The quantitative estimate of drug-likeness (QED) is 0.0615. The Morgan fingerprint density at radius 3 is 1.59 bits per heavy atom. The third-order valence-corrected chi connectivity index (χ3v) is 7.35. The summed E-state index contributed by atoms with van der Waals surface area (Å²) in [6.45, 7) is 7.58. The standard InChI is InChI=1S/C13H16F2N2O2S.C9H11NO2.C9H13NO.C7H6F2.C2H6/c1-9(17-13(19)8-20-16-2-3-18)4-10-5-11(14)7-12(15)6-10;1-10(7-11)8-3-5-9(12-2)6-4-8;1-10(2)8-4-6-9(11-3)7-5-8;1-5-2-6(8)4-7(9)3-5;1-2/h3,5-7,9,16H,2,4,8H2,1H3,(H,17,19);3-7H,1-2H3;4-7H,1-3H3;2-4H,1H3;1-2H3. The molecule has 2 amide bonds. The van der Waals surface area contributed by atoms with Crippen LogP contribution in [0, 0.1) is 30.2 Å². The molecule has 0 radical (unpaired) electrons. The molecule has 0 saturated carbocycles. The van der Waals surface area contributed by atoms with Gasteiger partial charge in [-0.25, -0.2) is 17.6 Å². The topological polar surface area (TPSA) is 100 Å². The van der Waals surface area contributed by atoms with Crippen molar-refractivity contribution in [2.45, 2.75) is 40.2 Å². The van der Waals surface area contributed by atoms with Crippen molar-refractivity contribution in [3.63, 3.8) is 0 Å². The maximum atomic E-state index is 13.0. The fourth-order valence-corrected chi connectivity index (χ4v) is 4.61. The number of amides is 2. The van der Waals surface area contributed by atoms with Gasteiger partial charge in [0, 0.05) is 50.7 Å². The lowest BCUT2D eigenvalue weighted by molar-refractivity contribution is -0.119. The lowest BCUT2D eigenvalue weighted by Crippen LogP contribution is -2.35. The van der Waals surface area contributed by atoms with Crippen LogP contribution in [0.1, 0.15) is 31.9 Å². The number of benzene rings is 4. The second-order valence-electron chi connectivity index (χ2n) is 11.2. The minimum Gasteiger partial charge on any atom is -0.497 e. The summed E-state index contributed by atoms with van der Waals surface area (Å²) in [5.41, 5.74) is 3.13. The Labute approximate surface area is 321 Å². The number of carbonyl (C=O) groups is 3. The number of nitrogens with zero attached hydrogens (tertiary/aromatic N) is 2. The Morgan fingerprint density at radius 1 is 0.759 bits per heavy atom. The molecular weight excluding hydrogens is 725 g/mol. The van der Waals surface area contributed by atoms with Gasteiger partial charge in [-0.15, -0.1) is 0 Å². The molecule has 0 spiro atoms. The molecule has 0 saturated heterocycles. The normalized spacial score (nSPS) is 10.1. The predicted octanol–water partition coefficient (Wildman–Crippen LogP) is 7.80. The Bertz CT molecular complexity index is 1580. The molecule has 0 aliphatic carbocycles. The molecule has 0 aliphatic rings. The number of carbonyl (C=O) groups excluding carboxylic acids is 3. The zero-order valence-corrected chi connectivity index (χ0v) is 33.1. The highest BCUT2D eigenvalue weighted by molar-refractivity contribution is 7.98. The van der Waals surface area contributed by atoms with Crippen molar-refractivity contribution in [1.82, 2.24) is 10.0 Å². The summed E-state index contributed by atoms with van der Waals surface area (Å²) in [5.74, 6) is -0.666. The van der Waals surface area contributed by atoms with Crippen molar-refractivity contribution in [3.05, 3.63) is 119 Å². The number of hydrogen-bond acceptors (Lipinski definition) is 8.